The third-order valence-corrected chi connectivity index (χ3v) is 6.77. The summed E-state index contributed by atoms with van der Waals surface area (Å²) >= 11 is 0. The van der Waals surface area contributed by atoms with E-state index in [4.69, 9.17) is 4.74 Å². The van der Waals surface area contributed by atoms with E-state index in [9.17, 15) is 8.42 Å². The molecule has 0 amide bonds. The molecule has 0 bridgehead atoms. The second-order valence-electron chi connectivity index (χ2n) is 8.27. The molecule has 142 valence electrons. The summed E-state index contributed by atoms with van der Waals surface area (Å²) in [5, 5.41) is 0. The van der Waals surface area contributed by atoms with Crippen molar-refractivity contribution in [3.63, 3.8) is 0 Å². The Kier molecular flexibility index (Phi) is 6.68. The topological polar surface area (TPSA) is 55.4 Å². The van der Waals surface area contributed by atoms with Crippen LogP contribution in [0.15, 0.2) is 29.2 Å². The molecule has 0 unspecified atom stereocenters. The summed E-state index contributed by atoms with van der Waals surface area (Å²) in [5.74, 6) is 1.62. The van der Waals surface area contributed by atoms with Crippen LogP contribution in [0.3, 0.4) is 0 Å². The van der Waals surface area contributed by atoms with E-state index < -0.39 is 10.0 Å². The van der Waals surface area contributed by atoms with Crippen LogP contribution < -0.4 is 4.72 Å². The molecule has 0 saturated carbocycles. The zero-order valence-electron chi connectivity index (χ0n) is 16.2. The highest BCUT2D eigenvalue weighted by molar-refractivity contribution is 7.89. The number of hydrogen-bond acceptors (Lipinski definition) is 3. The predicted octanol–water partition coefficient (Wildman–Crippen LogP) is 4.14. The Morgan fingerprint density at radius 1 is 1.24 bits per heavy atom. The van der Waals surface area contributed by atoms with Crippen LogP contribution in [-0.2, 0) is 14.8 Å². The van der Waals surface area contributed by atoms with Gasteiger partial charge in [-0.05, 0) is 69.9 Å². The third-order valence-electron chi connectivity index (χ3n) is 5.30. The highest BCUT2D eigenvalue weighted by Crippen LogP contribution is 2.37. The quantitative estimate of drug-likeness (QED) is 0.788. The van der Waals surface area contributed by atoms with E-state index in [1.807, 2.05) is 19.1 Å². The molecule has 0 aromatic heterocycles. The van der Waals surface area contributed by atoms with Gasteiger partial charge in [0.1, 0.15) is 0 Å². The molecule has 1 aliphatic rings. The van der Waals surface area contributed by atoms with Gasteiger partial charge in [-0.1, -0.05) is 31.5 Å². The van der Waals surface area contributed by atoms with Crippen molar-refractivity contribution >= 4 is 10.0 Å². The van der Waals surface area contributed by atoms with Gasteiger partial charge in [0.15, 0.2) is 0 Å². The summed E-state index contributed by atoms with van der Waals surface area (Å²) < 4.78 is 33.5. The SMILES string of the molecule is Cc1ccc(S(=O)(=O)NCC[C@@H](C(C)C)[C@H]2CCOC(C)(C)C2)cc1. The van der Waals surface area contributed by atoms with Gasteiger partial charge in [0, 0.05) is 13.2 Å². The Bertz CT molecular complexity index is 650. The molecule has 0 spiro atoms. The lowest BCUT2D eigenvalue weighted by Crippen LogP contribution is -2.39. The normalized spacial score (nSPS) is 22.1. The average Bonchev–Trinajstić information content (AvgIpc) is 2.50. The third kappa shape index (κ3) is 5.80. The molecule has 5 heteroatoms. The molecule has 1 fully saturated rings. The molecule has 0 aliphatic carbocycles. The molecule has 1 saturated heterocycles. The number of nitrogens with one attached hydrogen (secondary N) is 1. The van der Waals surface area contributed by atoms with Crippen LogP contribution in [0.4, 0.5) is 0 Å². The molecule has 4 nitrogen and oxygen atoms in total. The van der Waals surface area contributed by atoms with Gasteiger partial charge in [0.05, 0.1) is 10.5 Å². The van der Waals surface area contributed by atoms with E-state index in [-0.39, 0.29) is 5.60 Å². The van der Waals surface area contributed by atoms with E-state index >= 15 is 0 Å². The first kappa shape index (κ1) is 20.4. The van der Waals surface area contributed by atoms with Crippen molar-refractivity contribution in [1.82, 2.24) is 4.72 Å². The van der Waals surface area contributed by atoms with Gasteiger partial charge in [-0.2, -0.15) is 0 Å². The molecule has 1 aliphatic heterocycles. The van der Waals surface area contributed by atoms with Gasteiger partial charge in [-0.15, -0.1) is 0 Å². The average molecular weight is 368 g/mol. The van der Waals surface area contributed by atoms with Gasteiger partial charge in [0.25, 0.3) is 0 Å². The first-order valence-corrected chi connectivity index (χ1v) is 10.8. The van der Waals surface area contributed by atoms with E-state index in [1.165, 1.54) is 0 Å². The summed E-state index contributed by atoms with van der Waals surface area (Å²) in [4.78, 5) is 0.339. The molecule has 0 radical (unpaired) electrons. The van der Waals surface area contributed by atoms with Crippen molar-refractivity contribution in [2.24, 2.45) is 17.8 Å². The summed E-state index contributed by atoms with van der Waals surface area (Å²) in [7, 11) is -3.43. The standard InChI is InChI=1S/C20H33NO3S/c1-15(2)19(17-11-13-24-20(4,5)14-17)10-12-21-25(22,23)18-8-6-16(3)7-9-18/h6-9,15,17,19,21H,10-14H2,1-5H3/t17-,19-/m0/s1. The van der Waals surface area contributed by atoms with Crippen molar-refractivity contribution in [3.05, 3.63) is 29.8 Å². The predicted molar refractivity (Wildman–Crippen MR) is 102 cm³/mol. The summed E-state index contributed by atoms with van der Waals surface area (Å²) in [6.45, 7) is 12.0. The number of ether oxygens (including phenoxy) is 1. The largest absolute Gasteiger partial charge is 0.376 e. The Morgan fingerprint density at radius 2 is 1.88 bits per heavy atom. The number of rotatable bonds is 7. The van der Waals surface area contributed by atoms with Crippen LogP contribution in [0.1, 0.15) is 52.5 Å². The second kappa shape index (κ2) is 8.19. The fourth-order valence-corrected chi connectivity index (χ4v) is 4.97. The van der Waals surface area contributed by atoms with Crippen LogP contribution in [-0.4, -0.2) is 27.2 Å². The fraction of sp³-hybridized carbons (Fsp3) is 0.700. The highest BCUT2D eigenvalue weighted by atomic mass is 32.2. The van der Waals surface area contributed by atoms with Crippen molar-refractivity contribution in [1.29, 1.82) is 0 Å². The van der Waals surface area contributed by atoms with Crippen LogP contribution in [0.2, 0.25) is 0 Å². The van der Waals surface area contributed by atoms with Crippen LogP contribution in [0.25, 0.3) is 0 Å². The number of hydrogen-bond donors (Lipinski definition) is 1. The van der Waals surface area contributed by atoms with Crippen molar-refractivity contribution in [2.45, 2.75) is 64.4 Å². The maximum absolute atomic E-state index is 12.4. The van der Waals surface area contributed by atoms with E-state index in [1.54, 1.807) is 12.1 Å². The van der Waals surface area contributed by atoms with Gasteiger partial charge in [-0.3, -0.25) is 0 Å². The van der Waals surface area contributed by atoms with E-state index in [0.29, 0.717) is 29.2 Å². The Balaban J connectivity index is 1.96. The number of benzene rings is 1. The first-order valence-electron chi connectivity index (χ1n) is 9.31. The first-order chi connectivity index (χ1) is 11.6. The van der Waals surface area contributed by atoms with Gasteiger partial charge >= 0.3 is 0 Å². The zero-order valence-corrected chi connectivity index (χ0v) is 17.0. The lowest BCUT2D eigenvalue weighted by molar-refractivity contribution is -0.0867. The molecule has 1 N–H and O–H groups in total. The summed E-state index contributed by atoms with van der Waals surface area (Å²) in [6.07, 6.45) is 2.97. The molecule has 1 aromatic rings. The lowest BCUT2D eigenvalue weighted by atomic mass is 9.73. The molecule has 2 atom stereocenters. The van der Waals surface area contributed by atoms with Crippen LogP contribution in [0, 0.1) is 24.7 Å². The minimum absolute atomic E-state index is 0.0720. The van der Waals surface area contributed by atoms with Gasteiger partial charge < -0.3 is 4.74 Å². The second-order valence-corrected chi connectivity index (χ2v) is 10.0. The van der Waals surface area contributed by atoms with Crippen molar-refractivity contribution in [3.8, 4) is 0 Å². The van der Waals surface area contributed by atoms with Crippen LogP contribution in [0.5, 0.6) is 0 Å². The van der Waals surface area contributed by atoms with Crippen molar-refractivity contribution < 1.29 is 13.2 Å². The Labute approximate surface area is 153 Å². The molecule has 25 heavy (non-hydrogen) atoms. The zero-order chi connectivity index (χ0) is 18.7. The minimum Gasteiger partial charge on any atom is -0.376 e. The molecule has 1 heterocycles. The number of aryl methyl sites for hydroxylation is 1. The van der Waals surface area contributed by atoms with Crippen molar-refractivity contribution in [2.75, 3.05) is 13.2 Å². The van der Waals surface area contributed by atoms with Crippen LogP contribution >= 0.6 is 0 Å². The maximum Gasteiger partial charge on any atom is 0.240 e. The monoisotopic (exact) mass is 367 g/mol. The van der Waals surface area contributed by atoms with E-state index in [0.717, 1.165) is 31.4 Å². The van der Waals surface area contributed by atoms with Gasteiger partial charge in [-0.25, -0.2) is 13.1 Å². The summed E-state index contributed by atoms with van der Waals surface area (Å²) in [6, 6.07) is 6.99. The fourth-order valence-electron chi connectivity index (χ4n) is 3.92. The number of sulfonamides is 1. The highest BCUT2D eigenvalue weighted by Gasteiger charge is 2.34. The molecular formula is C20H33NO3S. The maximum atomic E-state index is 12.4. The molecule has 1 aromatic carbocycles. The minimum atomic E-state index is -3.43. The lowest BCUT2D eigenvalue weighted by Gasteiger charge is -2.40. The Morgan fingerprint density at radius 3 is 2.44 bits per heavy atom. The smallest absolute Gasteiger partial charge is 0.240 e. The van der Waals surface area contributed by atoms with Gasteiger partial charge in [0.2, 0.25) is 10.0 Å². The van der Waals surface area contributed by atoms with E-state index in [2.05, 4.69) is 32.4 Å². The summed E-state index contributed by atoms with van der Waals surface area (Å²) in [5.41, 5.74) is 0.984. The Hall–Kier alpha value is -0.910. The molecular weight excluding hydrogens is 334 g/mol. The molecule has 2 rings (SSSR count).